The molecule has 0 atom stereocenters. The number of aromatic nitrogens is 4. The Kier molecular flexibility index (Phi) is 4.49. The molecule has 4 aromatic rings. The van der Waals surface area contributed by atoms with Crippen molar-refractivity contribution in [3.63, 3.8) is 0 Å². The zero-order valence-electron chi connectivity index (χ0n) is 15.3. The molecule has 28 heavy (non-hydrogen) atoms. The van der Waals surface area contributed by atoms with Gasteiger partial charge in [-0.2, -0.15) is 0 Å². The van der Waals surface area contributed by atoms with Crippen molar-refractivity contribution in [1.29, 1.82) is 0 Å². The van der Waals surface area contributed by atoms with E-state index < -0.39 is 0 Å². The largest absolute Gasteiger partial charge is 0.496 e. The van der Waals surface area contributed by atoms with E-state index in [0.717, 1.165) is 5.69 Å². The minimum atomic E-state index is -0.368. The summed E-state index contributed by atoms with van der Waals surface area (Å²) < 4.78 is 23.1. The van der Waals surface area contributed by atoms with Crippen LogP contribution >= 0.6 is 0 Å². The van der Waals surface area contributed by atoms with E-state index in [0.29, 0.717) is 22.7 Å². The molecule has 4 rings (SSSR count). The number of halogens is 1. The van der Waals surface area contributed by atoms with Crippen LogP contribution in [0.2, 0.25) is 0 Å². The molecule has 2 aromatic carbocycles. The van der Waals surface area contributed by atoms with Crippen molar-refractivity contribution in [2.24, 2.45) is 7.05 Å². The highest BCUT2D eigenvalue weighted by Gasteiger charge is 2.17. The van der Waals surface area contributed by atoms with E-state index in [-0.39, 0.29) is 17.3 Å². The van der Waals surface area contributed by atoms with Crippen molar-refractivity contribution >= 4 is 5.78 Å². The summed E-state index contributed by atoms with van der Waals surface area (Å²) in [7, 11) is 3.26. The molecule has 0 aliphatic carbocycles. The highest BCUT2D eigenvalue weighted by molar-refractivity contribution is 6.05. The maximum absolute atomic E-state index is 14.4. The first kappa shape index (κ1) is 17.7. The number of nitrogens with zero attached hydrogens (tertiary/aromatic N) is 4. The summed E-state index contributed by atoms with van der Waals surface area (Å²) >= 11 is 0. The lowest BCUT2D eigenvalue weighted by Gasteiger charge is -2.11. The molecule has 0 N–H and O–H groups in total. The van der Waals surface area contributed by atoms with Crippen molar-refractivity contribution in [2.75, 3.05) is 7.11 Å². The van der Waals surface area contributed by atoms with E-state index in [9.17, 15) is 9.18 Å². The second-order valence-electron chi connectivity index (χ2n) is 6.22. The SMILES string of the molecule is COc1cccc(F)c1-c1cccc(-n2cnc(C(=O)c3nccn3C)c2)c1. The second-order valence-corrected chi connectivity index (χ2v) is 6.22. The maximum atomic E-state index is 14.4. The first-order valence-electron chi connectivity index (χ1n) is 8.58. The molecule has 0 radical (unpaired) electrons. The fraction of sp³-hybridized carbons (Fsp3) is 0.0952. The summed E-state index contributed by atoms with van der Waals surface area (Å²) in [6.07, 6.45) is 6.45. The smallest absolute Gasteiger partial charge is 0.248 e. The van der Waals surface area contributed by atoms with Crippen LogP contribution in [0.3, 0.4) is 0 Å². The molecule has 2 aromatic heterocycles. The molecule has 0 saturated heterocycles. The van der Waals surface area contributed by atoms with Crippen LogP contribution in [-0.2, 0) is 7.05 Å². The Morgan fingerprint density at radius 3 is 2.71 bits per heavy atom. The van der Waals surface area contributed by atoms with E-state index in [1.807, 2.05) is 18.2 Å². The van der Waals surface area contributed by atoms with E-state index in [1.54, 1.807) is 59.3 Å². The number of ketones is 1. The zero-order valence-corrected chi connectivity index (χ0v) is 15.3. The Hall–Kier alpha value is -3.74. The first-order chi connectivity index (χ1) is 13.6. The van der Waals surface area contributed by atoms with Crippen molar-refractivity contribution in [3.8, 4) is 22.6 Å². The van der Waals surface area contributed by atoms with Gasteiger partial charge in [0, 0.05) is 31.3 Å². The van der Waals surface area contributed by atoms with Crippen molar-refractivity contribution in [3.05, 3.63) is 84.7 Å². The molecule has 140 valence electrons. The zero-order chi connectivity index (χ0) is 19.7. The molecule has 0 fully saturated rings. The van der Waals surface area contributed by atoms with Crippen LogP contribution in [0.25, 0.3) is 16.8 Å². The van der Waals surface area contributed by atoms with Crippen LogP contribution in [0.1, 0.15) is 16.3 Å². The van der Waals surface area contributed by atoms with Crippen LogP contribution in [0.5, 0.6) is 5.75 Å². The molecular weight excluding hydrogens is 359 g/mol. The van der Waals surface area contributed by atoms with Crippen LogP contribution in [0.15, 0.2) is 67.4 Å². The lowest BCUT2D eigenvalue weighted by Crippen LogP contribution is -2.09. The van der Waals surface area contributed by atoms with Gasteiger partial charge in [-0.25, -0.2) is 14.4 Å². The predicted octanol–water partition coefficient (Wildman–Crippen LogP) is 3.65. The third-order valence-electron chi connectivity index (χ3n) is 4.47. The van der Waals surface area contributed by atoms with Gasteiger partial charge in [-0.3, -0.25) is 4.79 Å². The second kappa shape index (κ2) is 7.11. The molecule has 0 amide bonds. The summed E-state index contributed by atoms with van der Waals surface area (Å²) in [5, 5.41) is 0. The van der Waals surface area contributed by atoms with Gasteiger partial charge in [-0.15, -0.1) is 0 Å². The van der Waals surface area contributed by atoms with Gasteiger partial charge < -0.3 is 13.9 Å². The standard InChI is InChI=1S/C21H17FN4O2/c1-25-10-9-23-21(25)20(27)17-12-26(13-24-17)15-6-3-5-14(11-15)19-16(22)7-4-8-18(19)28-2/h3-13H,1-2H3. The quantitative estimate of drug-likeness (QED) is 0.499. The molecule has 0 saturated carbocycles. The third kappa shape index (κ3) is 3.07. The number of hydrogen-bond acceptors (Lipinski definition) is 4. The van der Waals surface area contributed by atoms with Crippen molar-refractivity contribution in [1.82, 2.24) is 19.1 Å². The van der Waals surface area contributed by atoms with Crippen LogP contribution in [-0.4, -0.2) is 32.0 Å². The van der Waals surface area contributed by atoms with Gasteiger partial charge in [0.2, 0.25) is 5.78 Å². The molecular formula is C21H17FN4O2. The van der Waals surface area contributed by atoms with E-state index in [2.05, 4.69) is 9.97 Å². The molecule has 0 unspecified atom stereocenters. The number of ether oxygens (including phenoxy) is 1. The number of rotatable bonds is 5. The van der Waals surface area contributed by atoms with Gasteiger partial charge in [0.05, 0.1) is 12.7 Å². The van der Waals surface area contributed by atoms with Crippen molar-refractivity contribution in [2.45, 2.75) is 0 Å². The highest BCUT2D eigenvalue weighted by atomic mass is 19.1. The summed E-state index contributed by atoms with van der Waals surface area (Å²) in [6, 6.07) is 12.0. The minimum Gasteiger partial charge on any atom is -0.496 e. The van der Waals surface area contributed by atoms with E-state index in [4.69, 9.17) is 4.74 Å². The van der Waals surface area contributed by atoms with Gasteiger partial charge in [-0.05, 0) is 29.8 Å². The van der Waals surface area contributed by atoms with Gasteiger partial charge in [0.25, 0.3) is 0 Å². The number of carbonyl (C=O) groups is 1. The minimum absolute atomic E-state index is 0.266. The summed E-state index contributed by atoms with van der Waals surface area (Å²) in [4.78, 5) is 20.8. The Morgan fingerprint density at radius 2 is 1.96 bits per heavy atom. The lowest BCUT2D eigenvalue weighted by atomic mass is 10.0. The Balaban J connectivity index is 1.71. The van der Waals surface area contributed by atoms with E-state index >= 15 is 0 Å². The molecule has 7 heteroatoms. The molecule has 0 aliphatic heterocycles. The van der Waals surface area contributed by atoms with Crippen LogP contribution < -0.4 is 4.74 Å². The van der Waals surface area contributed by atoms with Gasteiger partial charge in [0.1, 0.15) is 23.6 Å². The molecule has 0 bridgehead atoms. The Morgan fingerprint density at radius 1 is 1.14 bits per heavy atom. The number of benzene rings is 2. The number of imidazole rings is 2. The van der Waals surface area contributed by atoms with Gasteiger partial charge in [-0.1, -0.05) is 18.2 Å². The molecule has 6 nitrogen and oxygen atoms in total. The predicted molar refractivity (Wildman–Crippen MR) is 102 cm³/mol. The first-order valence-corrected chi connectivity index (χ1v) is 8.58. The lowest BCUT2D eigenvalue weighted by molar-refractivity contribution is 0.102. The normalized spacial score (nSPS) is 10.8. The third-order valence-corrected chi connectivity index (χ3v) is 4.47. The molecule has 2 heterocycles. The van der Waals surface area contributed by atoms with Crippen LogP contribution in [0, 0.1) is 5.82 Å². The maximum Gasteiger partial charge on any atom is 0.248 e. The fourth-order valence-electron chi connectivity index (χ4n) is 3.06. The fourth-order valence-corrected chi connectivity index (χ4v) is 3.06. The number of hydrogen-bond donors (Lipinski definition) is 0. The van der Waals surface area contributed by atoms with Crippen molar-refractivity contribution < 1.29 is 13.9 Å². The summed E-state index contributed by atoms with van der Waals surface area (Å²) in [5.74, 6) is 0.134. The number of carbonyl (C=O) groups excluding carboxylic acids is 1. The number of aryl methyl sites for hydroxylation is 1. The summed E-state index contributed by atoms with van der Waals surface area (Å²) in [5.41, 5.74) is 2.08. The Labute approximate surface area is 160 Å². The molecule has 0 aliphatic rings. The summed E-state index contributed by atoms with van der Waals surface area (Å²) in [6.45, 7) is 0. The van der Waals surface area contributed by atoms with Crippen LogP contribution in [0.4, 0.5) is 4.39 Å². The molecule has 0 spiro atoms. The van der Waals surface area contributed by atoms with Gasteiger partial charge >= 0.3 is 0 Å². The Bertz CT molecular complexity index is 1160. The van der Waals surface area contributed by atoms with Gasteiger partial charge in [0.15, 0.2) is 5.82 Å². The average molecular weight is 376 g/mol. The van der Waals surface area contributed by atoms with E-state index in [1.165, 1.54) is 13.2 Å². The monoisotopic (exact) mass is 376 g/mol. The average Bonchev–Trinajstić information content (AvgIpc) is 3.36. The topological polar surface area (TPSA) is 61.9 Å². The number of methoxy groups -OCH3 is 1. The highest BCUT2D eigenvalue weighted by Crippen LogP contribution is 2.33.